The van der Waals surface area contributed by atoms with Crippen LogP contribution in [0.2, 0.25) is 0 Å². The van der Waals surface area contributed by atoms with Gasteiger partial charge in [-0.2, -0.15) is 0 Å². The van der Waals surface area contributed by atoms with E-state index in [2.05, 4.69) is 5.32 Å². The first kappa shape index (κ1) is 16.3. The Morgan fingerprint density at radius 1 is 1.25 bits per heavy atom. The van der Waals surface area contributed by atoms with Crippen molar-refractivity contribution < 1.29 is 19.0 Å². The highest BCUT2D eigenvalue weighted by Crippen LogP contribution is 2.26. The lowest BCUT2D eigenvalue weighted by molar-refractivity contribution is -0.121. The number of carbonyl (C=O) groups is 1. The number of methoxy groups -OCH3 is 1. The lowest BCUT2D eigenvalue weighted by Gasteiger charge is -2.11. The smallest absolute Gasteiger partial charge is 0.250 e. The van der Waals surface area contributed by atoms with Crippen LogP contribution in [0.15, 0.2) is 18.2 Å². The standard InChI is InChI=1S/C14H22N2O4/c1-3-6-19-7-8-20-10-14(17)16-12-9-11(15)4-5-13(12)18-2/h4-5,9H,3,6-8,10,15H2,1-2H3,(H,16,17). The van der Waals surface area contributed by atoms with Crippen molar-refractivity contribution in [2.24, 2.45) is 0 Å². The van der Waals surface area contributed by atoms with Crippen molar-refractivity contribution in [1.29, 1.82) is 0 Å². The Morgan fingerprint density at radius 3 is 2.70 bits per heavy atom. The minimum absolute atomic E-state index is 0.0343. The van der Waals surface area contributed by atoms with Crippen molar-refractivity contribution in [3.63, 3.8) is 0 Å². The first-order valence-electron chi connectivity index (χ1n) is 6.56. The average Bonchev–Trinajstić information content (AvgIpc) is 2.43. The number of amides is 1. The van der Waals surface area contributed by atoms with Gasteiger partial charge in [0, 0.05) is 12.3 Å². The van der Waals surface area contributed by atoms with Gasteiger partial charge in [-0.25, -0.2) is 0 Å². The minimum Gasteiger partial charge on any atom is -0.495 e. The fourth-order valence-electron chi connectivity index (χ4n) is 1.54. The van der Waals surface area contributed by atoms with Crippen LogP contribution >= 0.6 is 0 Å². The zero-order valence-electron chi connectivity index (χ0n) is 12.0. The van der Waals surface area contributed by atoms with E-state index in [1.54, 1.807) is 18.2 Å². The van der Waals surface area contributed by atoms with Gasteiger partial charge in [-0.1, -0.05) is 6.92 Å². The number of nitrogens with one attached hydrogen (secondary N) is 1. The maximum Gasteiger partial charge on any atom is 0.250 e. The van der Waals surface area contributed by atoms with E-state index in [1.165, 1.54) is 7.11 Å². The summed E-state index contributed by atoms with van der Waals surface area (Å²) >= 11 is 0. The van der Waals surface area contributed by atoms with Crippen molar-refractivity contribution in [3.8, 4) is 5.75 Å². The summed E-state index contributed by atoms with van der Waals surface area (Å²) in [5, 5.41) is 2.69. The van der Waals surface area contributed by atoms with Crippen LogP contribution < -0.4 is 15.8 Å². The summed E-state index contributed by atoms with van der Waals surface area (Å²) < 4.78 is 15.6. The van der Waals surface area contributed by atoms with Crippen LogP contribution in [-0.4, -0.2) is 39.4 Å². The Bertz CT molecular complexity index is 424. The van der Waals surface area contributed by atoms with E-state index < -0.39 is 0 Å². The summed E-state index contributed by atoms with van der Waals surface area (Å²) in [7, 11) is 1.53. The number of hydrogen-bond acceptors (Lipinski definition) is 5. The van der Waals surface area contributed by atoms with Gasteiger partial charge < -0.3 is 25.3 Å². The number of nitrogens with two attached hydrogens (primary N) is 1. The molecule has 1 rings (SSSR count). The topological polar surface area (TPSA) is 82.8 Å². The summed E-state index contributed by atoms with van der Waals surface area (Å²) in [5.74, 6) is 0.295. The van der Waals surface area contributed by atoms with E-state index >= 15 is 0 Å². The molecule has 0 bridgehead atoms. The summed E-state index contributed by atoms with van der Waals surface area (Å²) in [6.45, 7) is 3.58. The number of carbonyl (C=O) groups excluding carboxylic acids is 1. The molecule has 0 saturated heterocycles. The van der Waals surface area contributed by atoms with Gasteiger partial charge in [0.25, 0.3) is 0 Å². The van der Waals surface area contributed by atoms with E-state index in [0.717, 1.165) is 6.42 Å². The zero-order valence-corrected chi connectivity index (χ0v) is 12.0. The second-order valence-corrected chi connectivity index (χ2v) is 4.17. The molecule has 0 radical (unpaired) electrons. The summed E-state index contributed by atoms with van der Waals surface area (Å²) in [6, 6.07) is 5.04. The number of anilines is 2. The quantitative estimate of drug-likeness (QED) is 0.531. The number of nitrogen functional groups attached to an aromatic ring is 1. The number of rotatable bonds is 9. The third kappa shape index (κ3) is 5.90. The molecule has 0 aromatic heterocycles. The van der Waals surface area contributed by atoms with Gasteiger partial charge in [0.1, 0.15) is 12.4 Å². The van der Waals surface area contributed by atoms with Gasteiger partial charge in [0.05, 0.1) is 26.0 Å². The third-order valence-corrected chi connectivity index (χ3v) is 2.45. The van der Waals surface area contributed by atoms with E-state index in [1.807, 2.05) is 6.92 Å². The molecule has 0 fully saturated rings. The Morgan fingerprint density at radius 2 is 2.00 bits per heavy atom. The van der Waals surface area contributed by atoms with Gasteiger partial charge in [-0.15, -0.1) is 0 Å². The number of benzene rings is 1. The Labute approximate surface area is 119 Å². The van der Waals surface area contributed by atoms with Gasteiger partial charge in [0.15, 0.2) is 0 Å². The molecular formula is C14H22N2O4. The summed E-state index contributed by atoms with van der Waals surface area (Å²) in [4.78, 5) is 11.7. The average molecular weight is 282 g/mol. The summed E-state index contributed by atoms with van der Waals surface area (Å²) in [5.41, 5.74) is 6.75. The Hall–Kier alpha value is -1.79. The maximum atomic E-state index is 11.7. The van der Waals surface area contributed by atoms with Crippen molar-refractivity contribution in [2.75, 3.05) is 44.6 Å². The van der Waals surface area contributed by atoms with Crippen LogP contribution in [0.3, 0.4) is 0 Å². The number of ether oxygens (including phenoxy) is 3. The van der Waals surface area contributed by atoms with Crippen LogP contribution in [0.5, 0.6) is 5.75 Å². The predicted molar refractivity (Wildman–Crippen MR) is 78.0 cm³/mol. The van der Waals surface area contributed by atoms with E-state index in [9.17, 15) is 4.79 Å². The van der Waals surface area contributed by atoms with E-state index in [0.29, 0.717) is 36.9 Å². The molecular weight excluding hydrogens is 260 g/mol. The monoisotopic (exact) mass is 282 g/mol. The highest BCUT2D eigenvalue weighted by Gasteiger charge is 2.08. The molecule has 0 atom stereocenters. The van der Waals surface area contributed by atoms with Crippen molar-refractivity contribution >= 4 is 17.3 Å². The second kappa shape index (κ2) is 9.17. The Balaban J connectivity index is 2.33. The normalized spacial score (nSPS) is 10.3. The molecule has 20 heavy (non-hydrogen) atoms. The van der Waals surface area contributed by atoms with Crippen LogP contribution in [-0.2, 0) is 14.3 Å². The fraction of sp³-hybridized carbons (Fsp3) is 0.500. The van der Waals surface area contributed by atoms with Crippen LogP contribution in [0.4, 0.5) is 11.4 Å². The first-order chi connectivity index (χ1) is 9.67. The molecule has 0 saturated carbocycles. The lowest BCUT2D eigenvalue weighted by atomic mass is 10.2. The van der Waals surface area contributed by atoms with Crippen molar-refractivity contribution in [2.45, 2.75) is 13.3 Å². The molecule has 1 amide bonds. The fourth-order valence-corrected chi connectivity index (χ4v) is 1.54. The Kier molecular flexibility index (Phi) is 7.46. The molecule has 3 N–H and O–H groups in total. The molecule has 0 aliphatic rings. The third-order valence-electron chi connectivity index (χ3n) is 2.45. The van der Waals surface area contributed by atoms with Crippen LogP contribution in [0.25, 0.3) is 0 Å². The van der Waals surface area contributed by atoms with Gasteiger partial charge in [0.2, 0.25) is 5.91 Å². The SMILES string of the molecule is CCCOCCOCC(=O)Nc1cc(N)ccc1OC. The van der Waals surface area contributed by atoms with Crippen molar-refractivity contribution in [1.82, 2.24) is 0 Å². The van der Waals surface area contributed by atoms with Gasteiger partial charge >= 0.3 is 0 Å². The molecule has 0 spiro atoms. The predicted octanol–water partition coefficient (Wildman–Crippen LogP) is 1.66. The van der Waals surface area contributed by atoms with Gasteiger partial charge in [-0.3, -0.25) is 4.79 Å². The second-order valence-electron chi connectivity index (χ2n) is 4.17. The molecule has 1 aromatic carbocycles. The highest BCUT2D eigenvalue weighted by atomic mass is 16.5. The minimum atomic E-state index is -0.260. The first-order valence-corrected chi connectivity index (χ1v) is 6.56. The van der Waals surface area contributed by atoms with Crippen molar-refractivity contribution in [3.05, 3.63) is 18.2 Å². The molecule has 6 nitrogen and oxygen atoms in total. The molecule has 0 aliphatic carbocycles. The molecule has 0 unspecified atom stereocenters. The maximum absolute atomic E-state index is 11.7. The molecule has 0 heterocycles. The molecule has 1 aromatic rings. The lowest BCUT2D eigenvalue weighted by Crippen LogP contribution is -2.20. The van der Waals surface area contributed by atoms with E-state index in [4.69, 9.17) is 19.9 Å². The largest absolute Gasteiger partial charge is 0.495 e. The van der Waals surface area contributed by atoms with Crippen LogP contribution in [0, 0.1) is 0 Å². The molecule has 0 aliphatic heterocycles. The summed E-state index contributed by atoms with van der Waals surface area (Å²) in [6.07, 6.45) is 0.968. The number of hydrogen-bond donors (Lipinski definition) is 2. The molecule has 6 heteroatoms. The molecule has 112 valence electrons. The van der Waals surface area contributed by atoms with Gasteiger partial charge in [-0.05, 0) is 24.6 Å². The zero-order chi connectivity index (χ0) is 14.8. The van der Waals surface area contributed by atoms with E-state index in [-0.39, 0.29) is 12.5 Å². The highest BCUT2D eigenvalue weighted by molar-refractivity contribution is 5.93. The van der Waals surface area contributed by atoms with Crippen LogP contribution in [0.1, 0.15) is 13.3 Å².